The van der Waals surface area contributed by atoms with Gasteiger partial charge in [-0.3, -0.25) is 5.32 Å². The van der Waals surface area contributed by atoms with Crippen LogP contribution in [-0.2, 0) is 4.79 Å². The number of hydrogen-bond acceptors (Lipinski definition) is 3. The second kappa shape index (κ2) is 3.08. The minimum atomic E-state index is -0.750. The van der Waals surface area contributed by atoms with Gasteiger partial charge in [-0.15, -0.1) is 11.8 Å². The van der Waals surface area contributed by atoms with Crippen molar-refractivity contribution in [2.24, 2.45) is 0 Å². The minimum absolute atomic E-state index is 0.362. The normalized spacial score (nSPS) is 27.8. The number of carboxylic acid groups (broad SMARTS) is 1. The van der Waals surface area contributed by atoms with Crippen LogP contribution in [0.25, 0.3) is 0 Å². The molecule has 0 aliphatic carbocycles. The predicted molar refractivity (Wildman–Crippen MR) is 36.5 cm³/mol. The van der Waals surface area contributed by atoms with E-state index in [2.05, 4.69) is 5.32 Å². The lowest BCUT2D eigenvalue weighted by Gasteiger charge is -2.18. The lowest BCUT2D eigenvalue weighted by molar-refractivity contribution is -0.137. The summed E-state index contributed by atoms with van der Waals surface area (Å²) in [6, 6.07) is 0. The van der Waals surface area contributed by atoms with Crippen molar-refractivity contribution >= 4 is 17.7 Å². The fourth-order valence-corrected chi connectivity index (χ4v) is 1.65. The van der Waals surface area contributed by atoms with Gasteiger partial charge in [0.15, 0.2) is 5.37 Å². The van der Waals surface area contributed by atoms with E-state index in [0.717, 1.165) is 18.7 Å². The van der Waals surface area contributed by atoms with Gasteiger partial charge >= 0.3 is 5.97 Å². The Balaban J connectivity index is 2.31. The van der Waals surface area contributed by atoms with Crippen molar-refractivity contribution in [3.8, 4) is 0 Å². The molecular formula is C5H9NO2S. The molecule has 3 nitrogen and oxygen atoms in total. The molecule has 1 aliphatic rings. The Labute approximate surface area is 57.8 Å². The molecule has 0 radical (unpaired) electrons. The molecule has 9 heavy (non-hydrogen) atoms. The SMILES string of the molecule is O=C(O)[C@@H]1NCCCS1. The smallest absolute Gasteiger partial charge is 0.331 e. The zero-order valence-corrected chi connectivity index (χ0v) is 5.78. The van der Waals surface area contributed by atoms with E-state index in [1.807, 2.05) is 0 Å². The highest BCUT2D eigenvalue weighted by Crippen LogP contribution is 2.13. The summed E-state index contributed by atoms with van der Waals surface area (Å²) in [6.45, 7) is 0.837. The van der Waals surface area contributed by atoms with E-state index in [1.54, 1.807) is 0 Å². The first kappa shape index (κ1) is 6.89. The number of thioether (sulfide) groups is 1. The number of aliphatic carboxylic acids is 1. The zero-order chi connectivity index (χ0) is 6.69. The molecule has 0 amide bonds. The largest absolute Gasteiger partial charge is 0.479 e. The van der Waals surface area contributed by atoms with Crippen LogP contribution < -0.4 is 5.32 Å². The quantitative estimate of drug-likeness (QED) is 0.553. The van der Waals surface area contributed by atoms with Gasteiger partial charge in [-0.05, 0) is 18.7 Å². The fourth-order valence-electron chi connectivity index (χ4n) is 0.724. The van der Waals surface area contributed by atoms with Crippen LogP contribution >= 0.6 is 11.8 Å². The van der Waals surface area contributed by atoms with Gasteiger partial charge in [-0.1, -0.05) is 0 Å². The summed E-state index contributed by atoms with van der Waals surface area (Å²) in [7, 11) is 0. The van der Waals surface area contributed by atoms with Crippen LogP contribution in [0.4, 0.5) is 0 Å². The molecule has 1 aliphatic heterocycles. The number of nitrogens with one attached hydrogen (secondary N) is 1. The summed E-state index contributed by atoms with van der Waals surface area (Å²) in [5.41, 5.74) is 0. The Bertz CT molecular complexity index is 112. The molecule has 0 unspecified atom stereocenters. The van der Waals surface area contributed by atoms with Crippen LogP contribution in [0.3, 0.4) is 0 Å². The molecule has 1 heterocycles. The summed E-state index contributed by atoms with van der Waals surface area (Å²) in [6.07, 6.45) is 1.08. The van der Waals surface area contributed by atoms with Gasteiger partial charge < -0.3 is 5.11 Å². The van der Waals surface area contributed by atoms with E-state index in [-0.39, 0.29) is 5.37 Å². The molecule has 1 saturated heterocycles. The molecule has 1 atom stereocenters. The molecule has 0 aromatic rings. The van der Waals surface area contributed by atoms with Crippen molar-refractivity contribution in [1.82, 2.24) is 5.32 Å². The molecular weight excluding hydrogens is 138 g/mol. The third-order valence-electron chi connectivity index (χ3n) is 1.16. The van der Waals surface area contributed by atoms with Crippen molar-refractivity contribution < 1.29 is 9.90 Å². The first-order valence-electron chi connectivity index (χ1n) is 2.88. The maximum absolute atomic E-state index is 10.3. The van der Waals surface area contributed by atoms with Gasteiger partial charge in [-0.25, -0.2) is 4.79 Å². The predicted octanol–water partition coefficient (Wildman–Crippen LogP) is 0.124. The van der Waals surface area contributed by atoms with Crippen LogP contribution in [0.15, 0.2) is 0 Å². The van der Waals surface area contributed by atoms with E-state index in [4.69, 9.17) is 5.11 Å². The number of carboxylic acids is 1. The summed E-state index contributed by atoms with van der Waals surface area (Å²) in [5, 5.41) is 11.0. The van der Waals surface area contributed by atoms with Crippen molar-refractivity contribution in [2.45, 2.75) is 11.8 Å². The van der Waals surface area contributed by atoms with Gasteiger partial charge in [0, 0.05) is 0 Å². The lowest BCUT2D eigenvalue weighted by Crippen LogP contribution is -2.38. The Kier molecular flexibility index (Phi) is 2.36. The van der Waals surface area contributed by atoms with E-state index < -0.39 is 5.97 Å². The monoisotopic (exact) mass is 147 g/mol. The van der Waals surface area contributed by atoms with Crippen LogP contribution in [0, 0.1) is 0 Å². The van der Waals surface area contributed by atoms with Gasteiger partial charge in [0.25, 0.3) is 0 Å². The van der Waals surface area contributed by atoms with Crippen LogP contribution in [-0.4, -0.2) is 28.7 Å². The molecule has 0 bridgehead atoms. The van der Waals surface area contributed by atoms with Gasteiger partial charge in [-0.2, -0.15) is 0 Å². The Morgan fingerprint density at radius 3 is 2.89 bits per heavy atom. The highest BCUT2D eigenvalue weighted by molar-refractivity contribution is 8.00. The van der Waals surface area contributed by atoms with Gasteiger partial charge in [0.05, 0.1) is 0 Å². The van der Waals surface area contributed by atoms with Crippen molar-refractivity contribution in [3.63, 3.8) is 0 Å². The molecule has 0 aromatic carbocycles. The van der Waals surface area contributed by atoms with E-state index in [9.17, 15) is 4.79 Å². The maximum atomic E-state index is 10.3. The molecule has 4 heteroatoms. The summed E-state index contributed by atoms with van der Waals surface area (Å²) in [5.74, 6) is 0.212. The molecule has 1 fully saturated rings. The van der Waals surface area contributed by atoms with Crippen LogP contribution in [0.2, 0.25) is 0 Å². The Morgan fingerprint density at radius 2 is 2.56 bits per heavy atom. The van der Waals surface area contributed by atoms with E-state index in [1.165, 1.54) is 11.8 Å². The third-order valence-corrected chi connectivity index (χ3v) is 2.39. The van der Waals surface area contributed by atoms with Crippen LogP contribution in [0.5, 0.6) is 0 Å². The molecule has 0 aromatic heterocycles. The first-order chi connectivity index (χ1) is 4.30. The van der Waals surface area contributed by atoms with E-state index >= 15 is 0 Å². The zero-order valence-electron chi connectivity index (χ0n) is 4.96. The van der Waals surface area contributed by atoms with Crippen LogP contribution in [0.1, 0.15) is 6.42 Å². The average molecular weight is 147 g/mol. The number of rotatable bonds is 1. The van der Waals surface area contributed by atoms with Crippen molar-refractivity contribution in [1.29, 1.82) is 0 Å². The van der Waals surface area contributed by atoms with Gasteiger partial charge in [0.1, 0.15) is 0 Å². The second-order valence-corrected chi connectivity index (χ2v) is 3.11. The molecule has 0 spiro atoms. The average Bonchev–Trinajstić information content (AvgIpc) is 1.90. The summed E-state index contributed by atoms with van der Waals surface area (Å²) in [4.78, 5) is 10.3. The van der Waals surface area contributed by atoms with Crippen molar-refractivity contribution in [2.75, 3.05) is 12.3 Å². The summed E-state index contributed by atoms with van der Waals surface area (Å²) >= 11 is 1.46. The van der Waals surface area contributed by atoms with Crippen molar-refractivity contribution in [3.05, 3.63) is 0 Å². The topological polar surface area (TPSA) is 49.3 Å². The maximum Gasteiger partial charge on any atom is 0.331 e. The minimum Gasteiger partial charge on any atom is -0.479 e. The molecule has 1 rings (SSSR count). The molecule has 52 valence electrons. The second-order valence-electron chi connectivity index (χ2n) is 1.90. The fraction of sp³-hybridized carbons (Fsp3) is 0.800. The standard InChI is InChI=1S/C5H9NO2S/c7-5(8)4-6-2-1-3-9-4/h4,6H,1-3H2,(H,7,8)/t4-/m1/s1. The molecule has 0 saturated carbocycles. The Hall–Kier alpha value is -0.220. The number of carbonyl (C=O) groups is 1. The Morgan fingerprint density at radius 1 is 1.78 bits per heavy atom. The first-order valence-corrected chi connectivity index (χ1v) is 3.93. The summed E-state index contributed by atoms with van der Waals surface area (Å²) < 4.78 is 0. The highest BCUT2D eigenvalue weighted by atomic mass is 32.2. The molecule has 2 N–H and O–H groups in total. The van der Waals surface area contributed by atoms with E-state index in [0.29, 0.717) is 0 Å². The number of hydrogen-bond donors (Lipinski definition) is 2. The van der Waals surface area contributed by atoms with Gasteiger partial charge in [0.2, 0.25) is 0 Å². The third kappa shape index (κ3) is 1.87. The lowest BCUT2D eigenvalue weighted by atomic mass is 10.4. The highest BCUT2D eigenvalue weighted by Gasteiger charge is 2.19.